The largest absolute Gasteiger partial charge is 0.307 e. The van der Waals surface area contributed by atoms with Gasteiger partial charge in [0.1, 0.15) is 0 Å². The third-order valence-corrected chi connectivity index (χ3v) is 5.68. The highest BCUT2D eigenvalue weighted by Gasteiger charge is 2.29. The molecule has 1 aliphatic heterocycles. The van der Waals surface area contributed by atoms with E-state index < -0.39 is 0 Å². The Morgan fingerprint density at radius 1 is 1.22 bits per heavy atom. The van der Waals surface area contributed by atoms with Crippen LogP contribution in [0.2, 0.25) is 0 Å². The maximum Gasteiger partial charge on any atom is 0.0341 e. The topological polar surface area (TPSA) is 12.0 Å². The molecule has 0 aromatic heterocycles. The quantitative estimate of drug-likeness (QED) is 0.866. The number of rotatable bonds is 3. The van der Waals surface area contributed by atoms with Crippen molar-refractivity contribution in [1.82, 2.24) is 5.32 Å². The van der Waals surface area contributed by atoms with Gasteiger partial charge in [-0.2, -0.15) is 0 Å². The zero-order chi connectivity index (χ0) is 12.4. The summed E-state index contributed by atoms with van der Waals surface area (Å²) in [5.74, 6) is 2.17. The van der Waals surface area contributed by atoms with E-state index >= 15 is 0 Å². The number of nitrogens with one attached hydrogen (secondary N) is 1. The first kappa shape index (κ1) is 12.6. The molecule has 0 bridgehead atoms. The van der Waals surface area contributed by atoms with E-state index in [-0.39, 0.29) is 0 Å². The third-order valence-electron chi connectivity index (χ3n) is 4.56. The van der Waals surface area contributed by atoms with Gasteiger partial charge in [0.25, 0.3) is 0 Å². The predicted octanol–water partition coefficient (Wildman–Crippen LogP) is 4.39. The van der Waals surface area contributed by atoms with Crippen molar-refractivity contribution in [3.05, 3.63) is 29.8 Å². The Kier molecular flexibility index (Phi) is 3.95. The van der Waals surface area contributed by atoms with E-state index in [2.05, 4.69) is 36.5 Å². The van der Waals surface area contributed by atoms with Crippen LogP contribution < -0.4 is 5.32 Å². The van der Waals surface area contributed by atoms with E-state index in [4.69, 9.17) is 0 Å². The maximum absolute atomic E-state index is 3.96. The van der Waals surface area contributed by atoms with Crippen molar-refractivity contribution >= 4 is 11.8 Å². The predicted molar refractivity (Wildman–Crippen MR) is 79.1 cm³/mol. The van der Waals surface area contributed by atoms with Crippen molar-refractivity contribution in [2.45, 2.75) is 56.0 Å². The summed E-state index contributed by atoms with van der Waals surface area (Å²) < 4.78 is 0. The van der Waals surface area contributed by atoms with Crippen LogP contribution in [0.4, 0.5) is 0 Å². The second-order valence-electron chi connectivity index (χ2n) is 5.60. The molecule has 2 aliphatic rings. The molecule has 1 aliphatic carbocycles. The summed E-state index contributed by atoms with van der Waals surface area (Å²) in [6.45, 7) is 2.34. The molecule has 0 amide bonds. The fourth-order valence-electron chi connectivity index (χ4n) is 3.52. The minimum absolute atomic E-state index is 0.597. The summed E-state index contributed by atoms with van der Waals surface area (Å²) >= 11 is 2.02. The van der Waals surface area contributed by atoms with Crippen LogP contribution in [0, 0.1) is 5.92 Å². The summed E-state index contributed by atoms with van der Waals surface area (Å²) in [6.07, 6.45) is 6.84. The number of fused-ring (bicyclic) bond motifs is 1. The highest BCUT2D eigenvalue weighted by molar-refractivity contribution is 7.99. The summed E-state index contributed by atoms with van der Waals surface area (Å²) in [6, 6.07) is 10.3. The number of thioether (sulfide) groups is 1. The Labute approximate surface area is 115 Å². The van der Waals surface area contributed by atoms with Crippen LogP contribution in [-0.4, -0.2) is 11.8 Å². The molecule has 98 valence electrons. The van der Waals surface area contributed by atoms with Gasteiger partial charge in [0.05, 0.1) is 0 Å². The Hall–Kier alpha value is -0.470. The molecule has 0 radical (unpaired) electrons. The van der Waals surface area contributed by atoms with Crippen molar-refractivity contribution in [3.8, 4) is 0 Å². The molecular formula is C16H23NS. The van der Waals surface area contributed by atoms with Gasteiger partial charge in [0.2, 0.25) is 0 Å². The van der Waals surface area contributed by atoms with Crippen LogP contribution in [-0.2, 0) is 0 Å². The fourth-order valence-corrected chi connectivity index (χ4v) is 4.64. The van der Waals surface area contributed by atoms with Crippen LogP contribution in [0.15, 0.2) is 29.2 Å². The van der Waals surface area contributed by atoms with Crippen molar-refractivity contribution in [3.63, 3.8) is 0 Å². The Morgan fingerprint density at radius 3 is 3.00 bits per heavy atom. The van der Waals surface area contributed by atoms with Crippen molar-refractivity contribution < 1.29 is 0 Å². The van der Waals surface area contributed by atoms with Gasteiger partial charge >= 0.3 is 0 Å². The summed E-state index contributed by atoms with van der Waals surface area (Å²) in [4.78, 5) is 1.49. The van der Waals surface area contributed by atoms with E-state index in [1.54, 1.807) is 0 Å². The Bertz CT molecular complexity index is 404. The molecule has 1 N–H and O–H groups in total. The van der Waals surface area contributed by atoms with Crippen LogP contribution in [0.1, 0.15) is 50.6 Å². The van der Waals surface area contributed by atoms with E-state index in [0.29, 0.717) is 6.04 Å². The van der Waals surface area contributed by atoms with E-state index in [1.807, 2.05) is 11.8 Å². The molecule has 18 heavy (non-hydrogen) atoms. The normalized spacial score (nSPS) is 31.3. The SMILES string of the molecule is CCC1CCCC1NC1CCSc2ccccc21. The Morgan fingerprint density at radius 2 is 2.11 bits per heavy atom. The minimum Gasteiger partial charge on any atom is -0.307 e. The standard InChI is InChI=1S/C16H23NS/c1-2-12-6-5-8-14(12)17-15-10-11-18-16-9-4-3-7-13(15)16/h3-4,7,9,12,14-15,17H,2,5-6,8,10-11H2,1H3. The summed E-state index contributed by atoms with van der Waals surface area (Å²) in [5, 5.41) is 3.96. The van der Waals surface area contributed by atoms with Crippen LogP contribution in [0.25, 0.3) is 0 Å². The van der Waals surface area contributed by atoms with Crippen LogP contribution in [0.5, 0.6) is 0 Å². The average molecular weight is 261 g/mol. The lowest BCUT2D eigenvalue weighted by Gasteiger charge is -2.31. The zero-order valence-corrected chi connectivity index (χ0v) is 12.0. The molecule has 3 atom stereocenters. The molecule has 3 rings (SSSR count). The van der Waals surface area contributed by atoms with Crippen LogP contribution >= 0.6 is 11.8 Å². The molecule has 1 heterocycles. The first-order valence-corrected chi connectivity index (χ1v) is 8.35. The molecule has 2 heteroatoms. The smallest absolute Gasteiger partial charge is 0.0341 e. The van der Waals surface area contributed by atoms with E-state index in [0.717, 1.165) is 12.0 Å². The first-order chi connectivity index (χ1) is 8.88. The van der Waals surface area contributed by atoms with Gasteiger partial charge in [0, 0.05) is 17.0 Å². The maximum atomic E-state index is 3.96. The van der Waals surface area contributed by atoms with Gasteiger partial charge in [-0.1, -0.05) is 38.0 Å². The molecule has 1 saturated carbocycles. The van der Waals surface area contributed by atoms with Crippen LogP contribution in [0.3, 0.4) is 0 Å². The molecule has 0 saturated heterocycles. The molecule has 1 nitrogen and oxygen atoms in total. The highest BCUT2D eigenvalue weighted by Crippen LogP contribution is 2.38. The summed E-state index contributed by atoms with van der Waals surface area (Å²) in [5.41, 5.74) is 1.54. The zero-order valence-electron chi connectivity index (χ0n) is 11.2. The van der Waals surface area contributed by atoms with Crippen molar-refractivity contribution in [2.24, 2.45) is 5.92 Å². The van der Waals surface area contributed by atoms with Gasteiger partial charge < -0.3 is 5.32 Å². The Balaban J connectivity index is 1.74. The monoisotopic (exact) mass is 261 g/mol. The molecule has 0 spiro atoms. The van der Waals surface area contributed by atoms with Gasteiger partial charge in [-0.25, -0.2) is 0 Å². The molecule has 3 unspecified atom stereocenters. The fraction of sp³-hybridized carbons (Fsp3) is 0.625. The lowest BCUT2D eigenvalue weighted by Crippen LogP contribution is -2.36. The molecular weight excluding hydrogens is 238 g/mol. The second kappa shape index (κ2) is 5.66. The number of hydrogen-bond donors (Lipinski definition) is 1. The molecule has 1 fully saturated rings. The van der Waals surface area contributed by atoms with E-state index in [1.165, 1.54) is 48.3 Å². The second-order valence-corrected chi connectivity index (χ2v) is 6.74. The minimum atomic E-state index is 0.597. The van der Waals surface area contributed by atoms with Gasteiger partial charge in [-0.05, 0) is 42.6 Å². The number of benzene rings is 1. The average Bonchev–Trinajstić information content (AvgIpc) is 2.86. The number of hydrogen-bond acceptors (Lipinski definition) is 2. The third kappa shape index (κ3) is 2.46. The van der Waals surface area contributed by atoms with Crippen molar-refractivity contribution in [1.29, 1.82) is 0 Å². The van der Waals surface area contributed by atoms with Gasteiger partial charge in [-0.15, -0.1) is 11.8 Å². The lowest BCUT2D eigenvalue weighted by molar-refractivity contribution is 0.343. The summed E-state index contributed by atoms with van der Waals surface area (Å²) in [7, 11) is 0. The first-order valence-electron chi connectivity index (χ1n) is 7.36. The molecule has 1 aromatic carbocycles. The van der Waals surface area contributed by atoms with Gasteiger partial charge in [0.15, 0.2) is 0 Å². The van der Waals surface area contributed by atoms with E-state index in [9.17, 15) is 0 Å². The molecule has 1 aromatic rings. The lowest BCUT2D eigenvalue weighted by atomic mass is 9.97. The van der Waals surface area contributed by atoms with Gasteiger partial charge in [-0.3, -0.25) is 0 Å². The van der Waals surface area contributed by atoms with Crippen molar-refractivity contribution in [2.75, 3.05) is 5.75 Å². The highest BCUT2D eigenvalue weighted by atomic mass is 32.2.